The van der Waals surface area contributed by atoms with Gasteiger partial charge in [-0.3, -0.25) is 0 Å². The molecule has 0 aromatic heterocycles. The predicted molar refractivity (Wildman–Crippen MR) is 108 cm³/mol. The number of rotatable bonds is 2. The van der Waals surface area contributed by atoms with Crippen LogP contribution in [0.15, 0.2) is 21.9 Å². The predicted octanol–water partition coefficient (Wildman–Crippen LogP) is 3.19. The van der Waals surface area contributed by atoms with E-state index in [0.717, 1.165) is 25.7 Å². The van der Waals surface area contributed by atoms with E-state index in [4.69, 9.17) is 9.47 Å². The van der Waals surface area contributed by atoms with Gasteiger partial charge in [0, 0.05) is 12.3 Å². The maximum Gasteiger partial charge on any atom is 0.336 e. The molecule has 1 fully saturated rings. The van der Waals surface area contributed by atoms with Gasteiger partial charge >= 0.3 is 5.97 Å². The van der Waals surface area contributed by atoms with E-state index in [2.05, 4.69) is 23.2 Å². The number of nitrogens with zero attached hydrogens (tertiary/aromatic N) is 2. The normalized spacial score (nSPS) is 45.6. The monoisotopic (exact) mass is 408 g/mol. The van der Waals surface area contributed by atoms with Crippen LogP contribution in [0.1, 0.15) is 65.7 Å². The van der Waals surface area contributed by atoms with Gasteiger partial charge in [0.15, 0.2) is 5.54 Å². The van der Waals surface area contributed by atoms with Crippen LogP contribution in [0.3, 0.4) is 0 Å². The quantitative estimate of drug-likeness (QED) is 0.540. The zero-order valence-corrected chi connectivity index (χ0v) is 18.1. The minimum atomic E-state index is -1.14. The Hall–Kier alpha value is -1.31. The molecule has 0 radical (unpaired) electrons. The van der Waals surface area contributed by atoms with E-state index in [1.165, 1.54) is 12.7 Å². The highest BCUT2D eigenvalue weighted by Crippen LogP contribution is 2.47. The Morgan fingerprint density at radius 2 is 2.14 bits per heavy atom. The highest BCUT2D eigenvalue weighted by Gasteiger charge is 2.60. The number of hydrogen-bond acceptors (Lipinski definition) is 7. The van der Waals surface area contributed by atoms with Crippen molar-refractivity contribution in [1.29, 1.82) is 0 Å². The van der Waals surface area contributed by atoms with E-state index in [1.807, 2.05) is 6.92 Å². The molecule has 0 unspecified atom stereocenters. The van der Waals surface area contributed by atoms with Gasteiger partial charge in [-0.2, -0.15) is 10.2 Å². The van der Waals surface area contributed by atoms with Gasteiger partial charge in [0.1, 0.15) is 0 Å². The van der Waals surface area contributed by atoms with Gasteiger partial charge in [-0.15, -0.1) is 0 Å². The third kappa shape index (κ3) is 4.42. The molecule has 3 heterocycles. The van der Waals surface area contributed by atoms with Crippen LogP contribution in [-0.4, -0.2) is 59.3 Å². The van der Waals surface area contributed by atoms with Crippen LogP contribution in [-0.2, 0) is 14.3 Å². The van der Waals surface area contributed by atoms with Crippen molar-refractivity contribution >= 4 is 5.97 Å². The van der Waals surface area contributed by atoms with Gasteiger partial charge in [0.25, 0.3) is 0 Å². The number of methoxy groups -OCH3 is 1. The minimum absolute atomic E-state index is 0.00721. The molecule has 29 heavy (non-hydrogen) atoms. The Labute approximate surface area is 173 Å². The van der Waals surface area contributed by atoms with Gasteiger partial charge in [-0.25, -0.2) is 4.79 Å². The second-order valence-corrected chi connectivity index (χ2v) is 9.37. The first kappa shape index (κ1) is 22.4. The topological polar surface area (TPSA) is 101 Å². The molecule has 0 aromatic rings. The standard InChI is InChI=1S/C22H36N2O5/c1-14-7-5-9-15(2)18(25)19-16(22(20(26)28-4)11-12-23-24-22)13-17(29-19)21(3,27)10-6-8-14/h8,15-19,25,27H,5-7,9-13H2,1-4H3/b14-8+/t15-,16+,17-,18+,19+,21+,22+/m0/s1. The van der Waals surface area contributed by atoms with E-state index < -0.39 is 35.4 Å². The fourth-order valence-electron chi connectivity index (χ4n) is 5.14. The third-order valence-electron chi connectivity index (χ3n) is 7.17. The molecule has 164 valence electrons. The first-order chi connectivity index (χ1) is 13.7. The Balaban J connectivity index is 1.96. The second kappa shape index (κ2) is 8.82. The summed E-state index contributed by atoms with van der Waals surface area (Å²) in [6.45, 7) is 6.39. The fourth-order valence-corrected chi connectivity index (χ4v) is 5.14. The van der Waals surface area contributed by atoms with Crippen molar-refractivity contribution in [2.24, 2.45) is 22.1 Å². The van der Waals surface area contributed by atoms with Gasteiger partial charge < -0.3 is 19.7 Å². The summed E-state index contributed by atoms with van der Waals surface area (Å²) in [6.07, 6.45) is 5.44. The molecular formula is C22H36N2O5. The average Bonchev–Trinajstić information content (AvgIpc) is 3.34. The smallest absolute Gasteiger partial charge is 0.336 e. The lowest BCUT2D eigenvalue weighted by Gasteiger charge is -2.35. The zero-order valence-electron chi connectivity index (χ0n) is 18.1. The maximum atomic E-state index is 12.8. The van der Waals surface area contributed by atoms with Crippen molar-refractivity contribution in [2.75, 3.05) is 13.7 Å². The Morgan fingerprint density at radius 3 is 2.79 bits per heavy atom. The number of aliphatic hydroxyl groups is 2. The van der Waals surface area contributed by atoms with Crippen molar-refractivity contribution < 1.29 is 24.5 Å². The maximum absolute atomic E-state index is 12.8. The second-order valence-electron chi connectivity index (χ2n) is 9.37. The summed E-state index contributed by atoms with van der Waals surface area (Å²) in [5, 5.41) is 30.8. The van der Waals surface area contributed by atoms with Crippen LogP contribution in [0, 0.1) is 11.8 Å². The molecular weight excluding hydrogens is 372 g/mol. The van der Waals surface area contributed by atoms with Crippen molar-refractivity contribution in [3.63, 3.8) is 0 Å². The molecule has 2 bridgehead atoms. The average molecular weight is 409 g/mol. The lowest BCUT2D eigenvalue weighted by atomic mass is 9.73. The molecule has 0 aliphatic carbocycles. The van der Waals surface area contributed by atoms with Crippen LogP contribution in [0.25, 0.3) is 0 Å². The van der Waals surface area contributed by atoms with E-state index in [0.29, 0.717) is 25.8 Å². The fraction of sp³-hybridized carbons (Fsp3) is 0.864. The van der Waals surface area contributed by atoms with Crippen molar-refractivity contribution in [1.82, 2.24) is 0 Å². The number of esters is 1. The molecule has 3 aliphatic rings. The summed E-state index contributed by atoms with van der Waals surface area (Å²) < 4.78 is 11.4. The number of carbonyl (C=O) groups excluding carboxylic acids is 1. The van der Waals surface area contributed by atoms with Gasteiger partial charge in [0.05, 0.1) is 37.6 Å². The van der Waals surface area contributed by atoms with E-state index in [1.54, 1.807) is 6.92 Å². The highest BCUT2D eigenvalue weighted by molar-refractivity contribution is 5.82. The summed E-state index contributed by atoms with van der Waals surface area (Å²) in [5.41, 5.74) is -0.881. The Kier molecular flexibility index (Phi) is 6.81. The molecule has 3 aliphatic heterocycles. The molecule has 0 spiro atoms. The van der Waals surface area contributed by atoms with Crippen LogP contribution in [0.5, 0.6) is 0 Å². The number of hydrogen-bond donors (Lipinski definition) is 2. The molecule has 0 amide bonds. The highest BCUT2D eigenvalue weighted by atomic mass is 16.5. The zero-order chi connectivity index (χ0) is 21.2. The number of ether oxygens (including phenoxy) is 2. The van der Waals surface area contributed by atoms with Crippen LogP contribution in [0.4, 0.5) is 0 Å². The summed E-state index contributed by atoms with van der Waals surface area (Å²) in [5.74, 6) is -0.805. The number of carbonyl (C=O) groups is 1. The molecule has 1 saturated heterocycles. The summed E-state index contributed by atoms with van der Waals surface area (Å²) >= 11 is 0. The summed E-state index contributed by atoms with van der Waals surface area (Å²) in [7, 11) is 1.36. The van der Waals surface area contributed by atoms with Gasteiger partial charge in [-0.05, 0) is 58.3 Å². The van der Waals surface area contributed by atoms with Crippen molar-refractivity contribution in [3.8, 4) is 0 Å². The summed E-state index contributed by atoms with van der Waals surface area (Å²) in [6, 6.07) is 0. The number of allylic oxidation sites excluding steroid dienone is 2. The molecule has 0 aromatic carbocycles. The van der Waals surface area contributed by atoms with Crippen molar-refractivity contribution in [3.05, 3.63) is 11.6 Å². The number of fused-ring (bicyclic) bond motifs is 2. The van der Waals surface area contributed by atoms with Crippen molar-refractivity contribution in [2.45, 2.75) is 95.2 Å². The van der Waals surface area contributed by atoms with E-state index >= 15 is 0 Å². The lowest BCUT2D eigenvalue weighted by Crippen LogP contribution is -2.51. The number of aliphatic hydroxyl groups excluding tert-OH is 1. The first-order valence-corrected chi connectivity index (χ1v) is 10.9. The Morgan fingerprint density at radius 1 is 1.38 bits per heavy atom. The van der Waals surface area contributed by atoms with Crippen LogP contribution >= 0.6 is 0 Å². The molecule has 0 saturated carbocycles. The number of azo groups is 1. The molecule has 7 heteroatoms. The lowest BCUT2D eigenvalue weighted by molar-refractivity contribution is -0.154. The molecule has 2 N–H and O–H groups in total. The minimum Gasteiger partial charge on any atom is -0.467 e. The third-order valence-corrected chi connectivity index (χ3v) is 7.17. The SMILES string of the molecule is COC(=O)[C@]1([C@@H]2C[C@@H]3O[C@H]2[C@H](O)[C@@H](C)CCC/C(C)=C/CC[C@@]3(C)O)CCN=N1. The Bertz CT molecular complexity index is 662. The van der Waals surface area contributed by atoms with Crippen LogP contribution < -0.4 is 0 Å². The summed E-state index contributed by atoms with van der Waals surface area (Å²) in [4.78, 5) is 12.8. The largest absolute Gasteiger partial charge is 0.467 e. The van der Waals surface area contributed by atoms with Gasteiger partial charge in [0.2, 0.25) is 0 Å². The van der Waals surface area contributed by atoms with E-state index in [9.17, 15) is 15.0 Å². The van der Waals surface area contributed by atoms with E-state index in [-0.39, 0.29) is 11.8 Å². The first-order valence-electron chi connectivity index (χ1n) is 10.9. The molecule has 7 atom stereocenters. The van der Waals surface area contributed by atoms with Gasteiger partial charge in [-0.1, -0.05) is 18.6 Å². The molecule has 7 nitrogen and oxygen atoms in total. The molecule has 3 rings (SSSR count). The van der Waals surface area contributed by atoms with Crippen LogP contribution in [0.2, 0.25) is 0 Å².